The van der Waals surface area contributed by atoms with Crippen LogP contribution in [0.25, 0.3) is 0 Å². The minimum absolute atomic E-state index is 0.0279. The van der Waals surface area contributed by atoms with Gasteiger partial charge in [-0.05, 0) is 36.2 Å². The number of ether oxygens (including phenoxy) is 2. The molecule has 0 aliphatic heterocycles. The molecule has 0 bridgehead atoms. The van der Waals surface area contributed by atoms with Crippen LogP contribution in [0.2, 0.25) is 10.0 Å². The molecule has 0 aliphatic rings. The highest BCUT2D eigenvalue weighted by atomic mass is 35.5. The van der Waals surface area contributed by atoms with Gasteiger partial charge in [-0.1, -0.05) is 29.3 Å². The van der Waals surface area contributed by atoms with E-state index in [1.54, 1.807) is 24.4 Å². The molecule has 2 aromatic rings. The molecule has 1 N–H and O–H groups in total. The van der Waals surface area contributed by atoms with E-state index in [2.05, 4.69) is 10.3 Å². The average molecular weight is 355 g/mol. The van der Waals surface area contributed by atoms with Gasteiger partial charge in [-0.2, -0.15) is 0 Å². The highest BCUT2D eigenvalue weighted by molar-refractivity contribution is 6.43. The molecular weight excluding hydrogens is 339 g/mol. The maximum absolute atomic E-state index is 11.5. The number of carbonyl (C=O) groups is 1. The van der Waals surface area contributed by atoms with Gasteiger partial charge in [0.15, 0.2) is 0 Å². The van der Waals surface area contributed by atoms with Gasteiger partial charge in [0.2, 0.25) is 0 Å². The highest BCUT2D eigenvalue weighted by Gasteiger charge is 2.09. The summed E-state index contributed by atoms with van der Waals surface area (Å²) in [4.78, 5) is 15.5. The number of carbonyl (C=O) groups excluding carboxylic acids is 1. The summed E-state index contributed by atoms with van der Waals surface area (Å²) in [5.41, 5.74) is 1.72. The SMILES string of the molecule is COCC(=O)Nc1cc(COc2ccc(C)c(Cl)c2Cl)ccn1. The molecule has 1 amide bonds. The molecule has 0 aliphatic carbocycles. The number of benzene rings is 1. The van der Waals surface area contributed by atoms with E-state index < -0.39 is 0 Å². The lowest BCUT2D eigenvalue weighted by Crippen LogP contribution is -2.18. The van der Waals surface area contributed by atoms with Gasteiger partial charge < -0.3 is 14.8 Å². The van der Waals surface area contributed by atoms with Crippen molar-refractivity contribution in [1.82, 2.24) is 4.98 Å². The topological polar surface area (TPSA) is 60.5 Å². The van der Waals surface area contributed by atoms with Gasteiger partial charge in [-0.3, -0.25) is 4.79 Å². The van der Waals surface area contributed by atoms with Crippen molar-refractivity contribution >= 4 is 34.9 Å². The van der Waals surface area contributed by atoms with Gasteiger partial charge in [-0.15, -0.1) is 0 Å². The quantitative estimate of drug-likeness (QED) is 0.855. The number of rotatable bonds is 6. The number of anilines is 1. The van der Waals surface area contributed by atoms with Crippen LogP contribution >= 0.6 is 23.2 Å². The molecule has 0 unspecified atom stereocenters. The van der Waals surface area contributed by atoms with Crippen molar-refractivity contribution in [3.63, 3.8) is 0 Å². The van der Waals surface area contributed by atoms with Gasteiger partial charge in [0.25, 0.3) is 5.91 Å². The van der Waals surface area contributed by atoms with Gasteiger partial charge in [-0.25, -0.2) is 4.98 Å². The highest BCUT2D eigenvalue weighted by Crippen LogP contribution is 2.34. The first-order valence-electron chi connectivity index (χ1n) is 6.82. The van der Waals surface area contributed by atoms with Crippen LogP contribution in [0.3, 0.4) is 0 Å². The van der Waals surface area contributed by atoms with E-state index in [4.69, 9.17) is 32.7 Å². The zero-order chi connectivity index (χ0) is 16.8. The van der Waals surface area contributed by atoms with E-state index >= 15 is 0 Å². The Morgan fingerprint density at radius 1 is 1.26 bits per heavy atom. The molecule has 0 saturated heterocycles. The summed E-state index contributed by atoms with van der Waals surface area (Å²) in [6, 6.07) is 7.12. The van der Waals surface area contributed by atoms with Gasteiger partial charge in [0.1, 0.15) is 29.8 Å². The maximum atomic E-state index is 11.5. The Balaban J connectivity index is 2.04. The van der Waals surface area contributed by atoms with E-state index in [1.807, 2.05) is 13.0 Å². The van der Waals surface area contributed by atoms with Crippen molar-refractivity contribution in [1.29, 1.82) is 0 Å². The first kappa shape index (κ1) is 17.5. The third kappa shape index (κ3) is 4.82. The van der Waals surface area contributed by atoms with Gasteiger partial charge >= 0.3 is 0 Å². The molecule has 5 nitrogen and oxygen atoms in total. The predicted molar refractivity (Wildman–Crippen MR) is 90.3 cm³/mol. The molecule has 1 heterocycles. The molecule has 0 radical (unpaired) electrons. The van der Waals surface area contributed by atoms with Crippen LogP contribution in [0, 0.1) is 6.92 Å². The Kier molecular flexibility index (Phi) is 6.21. The van der Waals surface area contributed by atoms with Crippen LogP contribution in [0.15, 0.2) is 30.5 Å². The average Bonchev–Trinajstić information content (AvgIpc) is 2.52. The van der Waals surface area contributed by atoms with Gasteiger partial charge in [0.05, 0.1) is 5.02 Å². The second-order valence-corrected chi connectivity index (χ2v) is 5.58. The number of halogens is 2. The van der Waals surface area contributed by atoms with E-state index in [9.17, 15) is 4.79 Å². The van der Waals surface area contributed by atoms with Crippen molar-refractivity contribution in [2.75, 3.05) is 19.0 Å². The summed E-state index contributed by atoms with van der Waals surface area (Å²) < 4.78 is 10.4. The molecule has 2 rings (SSSR count). The van der Waals surface area contributed by atoms with E-state index in [0.717, 1.165) is 11.1 Å². The Hall–Kier alpha value is -1.82. The van der Waals surface area contributed by atoms with Crippen LogP contribution in [0.4, 0.5) is 5.82 Å². The fraction of sp³-hybridized carbons (Fsp3) is 0.250. The number of aromatic nitrogens is 1. The first-order chi connectivity index (χ1) is 11.0. The minimum Gasteiger partial charge on any atom is -0.487 e. The monoisotopic (exact) mass is 354 g/mol. The molecular formula is C16H16Cl2N2O3. The molecule has 23 heavy (non-hydrogen) atoms. The fourth-order valence-electron chi connectivity index (χ4n) is 1.84. The fourth-order valence-corrected chi connectivity index (χ4v) is 2.27. The Morgan fingerprint density at radius 2 is 2.04 bits per heavy atom. The molecule has 7 heteroatoms. The Bertz CT molecular complexity index is 708. The lowest BCUT2D eigenvalue weighted by Gasteiger charge is -2.11. The standard InChI is InChI=1S/C16H16Cl2N2O3/c1-10-3-4-12(16(18)15(10)17)23-8-11-5-6-19-13(7-11)20-14(21)9-22-2/h3-7H,8-9H2,1-2H3,(H,19,20,21). The van der Waals surface area contributed by atoms with Crippen LogP contribution < -0.4 is 10.1 Å². The smallest absolute Gasteiger partial charge is 0.251 e. The lowest BCUT2D eigenvalue weighted by molar-refractivity contribution is -0.119. The summed E-state index contributed by atoms with van der Waals surface area (Å²) in [7, 11) is 1.45. The van der Waals surface area contributed by atoms with Crippen molar-refractivity contribution in [3.8, 4) is 5.75 Å². The predicted octanol–water partition coefficient (Wildman–Crippen LogP) is 3.86. The third-order valence-electron chi connectivity index (χ3n) is 3.00. The molecule has 0 fully saturated rings. The number of nitrogens with zero attached hydrogens (tertiary/aromatic N) is 1. The summed E-state index contributed by atoms with van der Waals surface area (Å²) in [6.07, 6.45) is 1.59. The first-order valence-corrected chi connectivity index (χ1v) is 7.58. The molecule has 0 saturated carbocycles. The molecule has 0 spiro atoms. The zero-order valence-corrected chi connectivity index (χ0v) is 14.2. The summed E-state index contributed by atoms with van der Waals surface area (Å²) in [5, 5.41) is 3.49. The van der Waals surface area contributed by atoms with Crippen LogP contribution in [-0.2, 0) is 16.1 Å². The molecule has 122 valence electrons. The van der Waals surface area contributed by atoms with Gasteiger partial charge in [0, 0.05) is 13.3 Å². The maximum Gasteiger partial charge on any atom is 0.251 e. The van der Waals surface area contributed by atoms with Crippen molar-refractivity contribution < 1.29 is 14.3 Å². The van der Waals surface area contributed by atoms with Crippen LogP contribution in [-0.4, -0.2) is 24.6 Å². The molecule has 1 aromatic heterocycles. The van der Waals surface area contributed by atoms with Crippen molar-refractivity contribution in [2.24, 2.45) is 0 Å². The second-order valence-electron chi connectivity index (χ2n) is 4.83. The van der Waals surface area contributed by atoms with E-state index in [1.165, 1.54) is 7.11 Å². The van der Waals surface area contributed by atoms with Crippen molar-refractivity contribution in [3.05, 3.63) is 51.6 Å². The van der Waals surface area contributed by atoms with E-state index in [0.29, 0.717) is 21.6 Å². The largest absolute Gasteiger partial charge is 0.487 e. The number of nitrogens with one attached hydrogen (secondary N) is 1. The number of pyridine rings is 1. The van der Waals surface area contributed by atoms with Crippen LogP contribution in [0.5, 0.6) is 5.75 Å². The van der Waals surface area contributed by atoms with Crippen molar-refractivity contribution in [2.45, 2.75) is 13.5 Å². The molecule has 0 atom stereocenters. The summed E-state index contributed by atoms with van der Waals surface area (Å²) in [6.45, 7) is 2.12. The zero-order valence-electron chi connectivity index (χ0n) is 12.7. The second kappa shape index (κ2) is 8.15. The summed E-state index contributed by atoms with van der Waals surface area (Å²) in [5.74, 6) is 0.664. The van der Waals surface area contributed by atoms with Crippen LogP contribution in [0.1, 0.15) is 11.1 Å². The number of hydrogen-bond acceptors (Lipinski definition) is 4. The Labute approximate surface area is 144 Å². The normalized spacial score (nSPS) is 10.4. The molecule has 1 aromatic carbocycles. The number of hydrogen-bond donors (Lipinski definition) is 1. The third-order valence-corrected chi connectivity index (χ3v) is 3.96. The minimum atomic E-state index is -0.272. The summed E-state index contributed by atoms with van der Waals surface area (Å²) >= 11 is 12.3. The number of aryl methyl sites for hydroxylation is 1. The number of amides is 1. The Morgan fingerprint density at radius 3 is 2.78 bits per heavy atom. The lowest BCUT2D eigenvalue weighted by atomic mass is 10.2. The van der Waals surface area contributed by atoms with E-state index in [-0.39, 0.29) is 19.1 Å². The number of methoxy groups -OCH3 is 1.